The minimum Gasteiger partial charge on any atom is -0.463 e. The predicted octanol–water partition coefficient (Wildman–Crippen LogP) is 3.12. The lowest BCUT2D eigenvalue weighted by Crippen LogP contribution is -2.19. The van der Waals surface area contributed by atoms with Crippen molar-refractivity contribution in [3.63, 3.8) is 0 Å². The van der Waals surface area contributed by atoms with E-state index in [4.69, 9.17) is 9.47 Å². The number of carbonyl (C=O) groups is 2. The van der Waals surface area contributed by atoms with Gasteiger partial charge in [0, 0.05) is 0 Å². The Kier molecular flexibility index (Phi) is 5.14. The summed E-state index contributed by atoms with van der Waals surface area (Å²) >= 11 is 0. The van der Waals surface area contributed by atoms with Crippen molar-refractivity contribution in [2.75, 3.05) is 6.61 Å². The molecule has 1 aliphatic heterocycles. The van der Waals surface area contributed by atoms with Gasteiger partial charge in [-0.1, -0.05) is 43.7 Å². The Hall–Kier alpha value is -2.10. The van der Waals surface area contributed by atoms with Crippen LogP contribution >= 0.6 is 0 Å². The quantitative estimate of drug-likeness (QED) is 0.755. The Bertz CT molecular complexity index is 545. The molecule has 0 fully saturated rings. The molecule has 1 aromatic rings. The van der Waals surface area contributed by atoms with Crippen molar-refractivity contribution >= 4 is 17.5 Å². The summed E-state index contributed by atoms with van der Waals surface area (Å²) in [7, 11) is 0. The Morgan fingerprint density at radius 2 is 1.95 bits per heavy atom. The molecule has 0 aromatic heterocycles. The highest BCUT2D eigenvalue weighted by atomic mass is 16.6. The maximum atomic E-state index is 12.2. The molecule has 0 radical (unpaired) electrons. The average Bonchev–Trinajstić information content (AvgIpc) is 2.83. The number of rotatable bonds is 6. The zero-order valence-electron chi connectivity index (χ0n) is 12.4. The maximum Gasteiger partial charge on any atom is 0.340 e. The van der Waals surface area contributed by atoms with E-state index in [0.717, 1.165) is 12.8 Å². The number of carbonyl (C=O) groups excluding carboxylic acids is 2. The molecule has 0 bridgehead atoms. The molecule has 1 unspecified atom stereocenters. The molecule has 112 valence electrons. The number of unbranched alkanes of at least 4 members (excludes halogenated alkanes) is 1. The van der Waals surface area contributed by atoms with Gasteiger partial charge >= 0.3 is 11.9 Å². The van der Waals surface area contributed by atoms with Crippen LogP contribution < -0.4 is 0 Å². The second-order valence-electron chi connectivity index (χ2n) is 4.91. The number of cyclic esters (lactones) is 1. The van der Waals surface area contributed by atoms with Crippen molar-refractivity contribution in [1.82, 2.24) is 0 Å². The smallest absolute Gasteiger partial charge is 0.340 e. The van der Waals surface area contributed by atoms with Gasteiger partial charge in [-0.05, 0) is 25.3 Å². The van der Waals surface area contributed by atoms with E-state index in [9.17, 15) is 9.59 Å². The molecule has 4 nitrogen and oxygen atoms in total. The minimum absolute atomic E-state index is 0.277. The summed E-state index contributed by atoms with van der Waals surface area (Å²) < 4.78 is 10.5. The lowest BCUT2D eigenvalue weighted by molar-refractivity contribution is -0.141. The van der Waals surface area contributed by atoms with Crippen LogP contribution in [0.1, 0.15) is 38.7 Å². The minimum atomic E-state index is -0.494. The van der Waals surface area contributed by atoms with Gasteiger partial charge in [0.15, 0.2) is 0 Å². The van der Waals surface area contributed by atoms with Gasteiger partial charge in [-0.2, -0.15) is 0 Å². The highest BCUT2D eigenvalue weighted by Gasteiger charge is 2.39. The Balaban J connectivity index is 2.43. The zero-order chi connectivity index (χ0) is 15.2. The fraction of sp³-hybridized carbons (Fsp3) is 0.412. The van der Waals surface area contributed by atoms with Crippen LogP contribution in [0.5, 0.6) is 0 Å². The average molecular weight is 288 g/mol. The van der Waals surface area contributed by atoms with E-state index in [1.165, 1.54) is 0 Å². The number of benzene rings is 1. The maximum absolute atomic E-state index is 12.2. The Labute approximate surface area is 124 Å². The second-order valence-corrected chi connectivity index (χ2v) is 4.91. The molecule has 0 spiro atoms. The molecule has 0 saturated heterocycles. The highest BCUT2D eigenvalue weighted by molar-refractivity contribution is 6.25. The molecular formula is C17H20O4. The lowest BCUT2D eigenvalue weighted by atomic mass is 9.96. The summed E-state index contributed by atoms with van der Waals surface area (Å²) in [5.41, 5.74) is 1.40. The van der Waals surface area contributed by atoms with Crippen molar-refractivity contribution in [3.05, 3.63) is 41.5 Å². The van der Waals surface area contributed by atoms with Crippen LogP contribution in [-0.4, -0.2) is 24.6 Å². The Morgan fingerprint density at radius 3 is 2.57 bits per heavy atom. The van der Waals surface area contributed by atoms with E-state index in [1.54, 1.807) is 19.1 Å². The summed E-state index contributed by atoms with van der Waals surface area (Å²) in [5, 5.41) is 0. The summed E-state index contributed by atoms with van der Waals surface area (Å²) in [6.45, 7) is 4.08. The van der Waals surface area contributed by atoms with Crippen molar-refractivity contribution in [3.8, 4) is 0 Å². The summed E-state index contributed by atoms with van der Waals surface area (Å²) in [6.07, 6.45) is 2.02. The van der Waals surface area contributed by atoms with Crippen LogP contribution in [-0.2, 0) is 19.1 Å². The molecule has 21 heavy (non-hydrogen) atoms. The third-order valence-corrected chi connectivity index (χ3v) is 3.42. The predicted molar refractivity (Wildman–Crippen MR) is 79.4 cm³/mol. The fourth-order valence-corrected chi connectivity index (χ4v) is 2.43. The monoisotopic (exact) mass is 288 g/mol. The molecule has 0 amide bonds. The van der Waals surface area contributed by atoms with Crippen LogP contribution in [0.25, 0.3) is 5.57 Å². The standard InChI is InChI=1S/C17H20O4/c1-3-5-11-13-15(16(18)20-4-2)14(17(19)21-13)12-9-7-6-8-10-12/h6-10,13H,3-5,11H2,1-2H3. The van der Waals surface area contributed by atoms with Crippen LogP contribution in [0.4, 0.5) is 0 Å². The molecular weight excluding hydrogens is 268 g/mol. The van der Waals surface area contributed by atoms with Crippen LogP contribution in [0.3, 0.4) is 0 Å². The van der Waals surface area contributed by atoms with Gasteiger partial charge in [0.1, 0.15) is 6.10 Å². The summed E-state index contributed by atoms with van der Waals surface area (Å²) in [4.78, 5) is 24.4. The SMILES string of the molecule is CCCCC1OC(=O)C(c2ccccc2)=C1C(=O)OCC. The molecule has 1 aromatic carbocycles. The number of hydrogen-bond donors (Lipinski definition) is 0. The van der Waals surface area contributed by atoms with Crippen LogP contribution in [0.2, 0.25) is 0 Å². The summed E-state index contributed by atoms with van der Waals surface area (Å²) in [5.74, 6) is -0.895. The van der Waals surface area contributed by atoms with Crippen LogP contribution in [0, 0.1) is 0 Å². The third kappa shape index (κ3) is 3.32. The molecule has 2 rings (SSSR count). The van der Waals surface area contributed by atoms with Gasteiger partial charge in [0.2, 0.25) is 0 Å². The van der Waals surface area contributed by atoms with E-state index in [1.807, 2.05) is 18.2 Å². The van der Waals surface area contributed by atoms with Gasteiger partial charge in [-0.15, -0.1) is 0 Å². The van der Waals surface area contributed by atoms with Gasteiger partial charge in [-0.3, -0.25) is 0 Å². The Morgan fingerprint density at radius 1 is 1.24 bits per heavy atom. The molecule has 1 atom stereocenters. The fourth-order valence-electron chi connectivity index (χ4n) is 2.43. The number of esters is 2. The van der Waals surface area contributed by atoms with E-state index < -0.39 is 18.0 Å². The topological polar surface area (TPSA) is 52.6 Å². The molecule has 4 heteroatoms. The second kappa shape index (κ2) is 7.07. The molecule has 1 aliphatic rings. The van der Waals surface area contributed by atoms with Gasteiger partial charge < -0.3 is 9.47 Å². The summed E-state index contributed by atoms with van der Waals surface area (Å²) in [6, 6.07) is 9.13. The van der Waals surface area contributed by atoms with E-state index in [0.29, 0.717) is 23.1 Å². The largest absolute Gasteiger partial charge is 0.463 e. The number of ether oxygens (including phenoxy) is 2. The number of hydrogen-bond acceptors (Lipinski definition) is 4. The van der Waals surface area contributed by atoms with Crippen molar-refractivity contribution < 1.29 is 19.1 Å². The molecule has 0 N–H and O–H groups in total. The van der Waals surface area contributed by atoms with E-state index in [-0.39, 0.29) is 6.61 Å². The highest BCUT2D eigenvalue weighted by Crippen LogP contribution is 2.33. The third-order valence-electron chi connectivity index (χ3n) is 3.42. The van der Waals surface area contributed by atoms with Gasteiger partial charge in [-0.25, -0.2) is 9.59 Å². The first kappa shape index (κ1) is 15.3. The molecule has 0 saturated carbocycles. The van der Waals surface area contributed by atoms with E-state index in [2.05, 4.69) is 6.92 Å². The zero-order valence-corrected chi connectivity index (χ0v) is 12.4. The van der Waals surface area contributed by atoms with Gasteiger partial charge in [0.25, 0.3) is 0 Å². The molecule has 0 aliphatic carbocycles. The van der Waals surface area contributed by atoms with E-state index >= 15 is 0 Å². The van der Waals surface area contributed by atoms with Crippen molar-refractivity contribution in [1.29, 1.82) is 0 Å². The molecule has 1 heterocycles. The van der Waals surface area contributed by atoms with Crippen molar-refractivity contribution in [2.24, 2.45) is 0 Å². The first-order valence-corrected chi connectivity index (χ1v) is 7.36. The van der Waals surface area contributed by atoms with Crippen LogP contribution in [0.15, 0.2) is 35.9 Å². The lowest BCUT2D eigenvalue weighted by Gasteiger charge is -2.12. The normalized spacial score (nSPS) is 17.8. The first-order chi connectivity index (χ1) is 10.2. The first-order valence-electron chi connectivity index (χ1n) is 7.36. The van der Waals surface area contributed by atoms with Gasteiger partial charge in [0.05, 0.1) is 17.8 Å². The van der Waals surface area contributed by atoms with Crippen molar-refractivity contribution in [2.45, 2.75) is 39.2 Å².